The molecule has 1 aliphatic rings. The van der Waals surface area contributed by atoms with E-state index in [0.29, 0.717) is 24.5 Å². The third kappa shape index (κ3) is 4.46. The Hall–Kier alpha value is -1.56. The third-order valence-electron chi connectivity index (χ3n) is 4.00. The van der Waals surface area contributed by atoms with Crippen molar-refractivity contribution in [3.8, 4) is 0 Å². The van der Waals surface area contributed by atoms with Gasteiger partial charge in [-0.2, -0.15) is 0 Å². The number of guanidine groups is 1. The van der Waals surface area contributed by atoms with Crippen LogP contribution >= 0.6 is 0 Å². The van der Waals surface area contributed by atoms with Gasteiger partial charge in [-0.1, -0.05) is 25.9 Å². The van der Waals surface area contributed by atoms with E-state index < -0.39 is 0 Å². The first-order chi connectivity index (χ1) is 10.1. The SMILES string of the molecule is CCN1CCCC1CNC(N)=NCc1cc(C(C)C)no1. The summed E-state index contributed by atoms with van der Waals surface area (Å²) in [6, 6.07) is 2.51. The van der Waals surface area contributed by atoms with Crippen LogP contribution < -0.4 is 11.1 Å². The van der Waals surface area contributed by atoms with E-state index in [1.165, 1.54) is 19.4 Å². The summed E-state index contributed by atoms with van der Waals surface area (Å²) in [6.45, 7) is 9.95. The Morgan fingerprint density at radius 2 is 2.43 bits per heavy atom. The Morgan fingerprint density at radius 3 is 3.10 bits per heavy atom. The number of rotatable bonds is 6. The highest BCUT2D eigenvalue weighted by Gasteiger charge is 2.22. The van der Waals surface area contributed by atoms with Gasteiger partial charge >= 0.3 is 0 Å². The minimum atomic E-state index is 0.365. The van der Waals surface area contributed by atoms with Gasteiger partial charge in [0.15, 0.2) is 11.7 Å². The number of nitrogens with two attached hydrogens (primary N) is 1. The summed E-state index contributed by atoms with van der Waals surface area (Å²) in [5, 5.41) is 7.22. The number of aliphatic imine (C=N–C) groups is 1. The molecule has 1 fully saturated rings. The van der Waals surface area contributed by atoms with Gasteiger partial charge in [-0.05, 0) is 31.8 Å². The molecule has 1 aromatic heterocycles. The zero-order valence-corrected chi connectivity index (χ0v) is 13.3. The Morgan fingerprint density at radius 1 is 1.62 bits per heavy atom. The highest BCUT2D eigenvalue weighted by atomic mass is 16.5. The van der Waals surface area contributed by atoms with E-state index in [2.05, 4.69) is 41.1 Å². The molecular formula is C15H27N5O. The highest BCUT2D eigenvalue weighted by molar-refractivity contribution is 5.77. The molecule has 2 rings (SSSR count). The molecular weight excluding hydrogens is 266 g/mol. The van der Waals surface area contributed by atoms with Crippen LogP contribution in [0, 0.1) is 0 Å². The van der Waals surface area contributed by atoms with Crippen molar-refractivity contribution in [1.29, 1.82) is 0 Å². The van der Waals surface area contributed by atoms with Crippen molar-refractivity contribution in [3.05, 3.63) is 17.5 Å². The Kier molecular flexibility index (Phi) is 5.61. The quantitative estimate of drug-likeness (QED) is 0.616. The predicted octanol–water partition coefficient (Wildman–Crippen LogP) is 1.69. The zero-order chi connectivity index (χ0) is 15.2. The van der Waals surface area contributed by atoms with Gasteiger partial charge in [0.05, 0.1) is 5.69 Å². The summed E-state index contributed by atoms with van der Waals surface area (Å²) in [5.41, 5.74) is 6.87. The number of nitrogens with zero attached hydrogens (tertiary/aromatic N) is 3. The number of hydrogen-bond acceptors (Lipinski definition) is 4. The first kappa shape index (κ1) is 15.8. The van der Waals surface area contributed by atoms with E-state index in [9.17, 15) is 0 Å². The van der Waals surface area contributed by atoms with Gasteiger partial charge in [0.2, 0.25) is 0 Å². The van der Waals surface area contributed by atoms with Crippen molar-refractivity contribution in [2.24, 2.45) is 10.7 Å². The average Bonchev–Trinajstić information content (AvgIpc) is 3.11. The molecule has 1 atom stereocenters. The second-order valence-corrected chi connectivity index (χ2v) is 5.88. The lowest BCUT2D eigenvalue weighted by Crippen LogP contribution is -2.42. The molecule has 0 amide bonds. The van der Waals surface area contributed by atoms with Gasteiger partial charge in [0.25, 0.3) is 0 Å². The first-order valence-electron chi connectivity index (χ1n) is 7.83. The van der Waals surface area contributed by atoms with E-state index in [0.717, 1.165) is 24.5 Å². The summed E-state index contributed by atoms with van der Waals surface area (Å²) in [7, 11) is 0. The lowest BCUT2D eigenvalue weighted by Gasteiger charge is -2.23. The monoisotopic (exact) mass is 293 g/mol. The van der Waals surface area contributed by atoms with Gasteiger partial charge in [-0.25, -0.2) is 4.99 Å². The molecule has 6 heteroatoms. The fraction of sp³-hybridized carbons (Fsp3) is 0.733. The maximum Gasteiger partial charge on any atom is 0.189 e. The number of hydrogen-bond donors (Lipinski definition) is 2. The van der Waals surface area contributed by atoms with Crippen molar-refractivity contribution in [1.82, 2.24) is 15.4 Å². The zero-order valence-electron chi connectivity index (χ0n) is 13.3. The van der Waals surface area contributed by atoms with Crippen LogP contribution in [0.5, 0.6) is 0 Å². The molecule has 0 aromatic carbocycles. The van der Waals surface area contributed by atoms with Crippen LogP contribution in [-0.2, 0) is 6.54 Å². The molecule has 1 saturated heterocycles. The van der Waals surface area contributed by atoms with Crippen molar-refractivity contribution in [3.63, 3.8) is 0 Å². The summed E-state index contributed by atoms with van der Waals surface area (Å²) in [4.78, 5) is 6.79. The lowest BCUT2D eigenvalue weighted by molar-refractivity contribution is 0.267. The van der Waals surface area contributed by atoms with Crippen molar-refractivity contribution in [2.75, 3.05) is 19.6 Å². The summed E-state index contributed by atoms with van der Waals surface area (Å²) in [5.74, 6) is 1.59. The average molecular weight is 293 g/mol. The van der Waals surface area contributed by atoms with Gasteiger partial charge in [0.1, 0.15) is 6.54 Å². The van der Waals surface area contributed by atoms with Crippen LogP contribution in [0.15, 0.2) is 15.6 Å². The van der Waals surface area contributed by atoms with Crippen LogP contribution in [0.3, 0.4) is 0 Å². The van der Waals surface area contributed by atoms with E-state index in [1.807, 2.05) is 6.07 Å². The molecule has 0 radical (unpaired) electrons. The van der Waals surface area contributed by atoms with Gasteiger partial charge in [-0.3, -0.25) is 4.90 Å². The maximum absolute atomic E-state index is 5.91. The molecule has 21 heavy (non-hydrogen) atoms. The molecule has 0 aliphatic carbocycles. The standard InChI is InChI=1S/C15H27N5O/c1-4-20-7-5-6-12(20)9-17-15(16)18-10-13-8-14(11(2)3)19-21-13/h8,11-12H,4-7,9-10H2,1-3H3,(H3,16,17,18). The van der Waals surface area contributed by atoms with Crippen molar-refractivity contribution < 1.29 is 4.52 Å². The summed E-state index contributed by atoms with van der Waals surface area (Å²) in [6.07, 6.45) is 2.50. The largest absolute Gasteiger partial charge is 0.370 e. The van der Waals surface area contributed by atoms with Gasteiger partial charge in [0, 0.05) is 18.7 Å². The van der Waals surface area contributed by atoms with Gasteiger partial charge in [-0.15, -0.1) is 0 Å². The number of nitrogens with one attached hydrogen (secondary N) is 1. The van der Waals surface area contributed by atoms with Crippen LogP contribution in [0.1, 0.15) is 51.0 Å². The maximum atomic E-state index is 5.91. The summed E-state index contributed by atoms with van der Waals surface area (Å²) < 4.78 is 5.24. The molecule has 6 nitrogen and oxygen atoms in total. The topological polar surface area (TPSA) is 79.7 Å². The molecule has 0 spiro atoms. The molecule has 3 N–H and O–H groups in total. The van der Waals surface area contributed by atoms with Crippen LogP contribution in [0.25, 0.3) is 0 Å². The van der Waals surface area contributed by atoms with E-state index >= 15 is 0 Å². The molecule has 0 saturated carbocycles. The Bertz CT molecular complexity index is 468. The second kappa shape index (κ2) is 7.45. The molecule has 118 valence electrons. The van der Waals surface area contributed by atoms with Gasteiger partial charge < -0.3 is 15.6 Å². The number of likely N-dealkylation sites (tertiary alicyclic amines) is 1. The Balaban J connectivity index is 1.78. The number of aromatic nitrogens is 1. The molecule has 1 aromatic rings. The van der Waals surface area contributed by atoms with Crippen molar-refractivity contribution >= 4 is 5.96 Å². The van der Waals surface area contributed by atoms with Crippen LogP contribution in [-0.4, -0.2) is 41.7 Å². The van der Waals surface area contributed by atoms with Crippen molar-refractivity contribution in [2.45, 2.75) is 52.1 Å². The molecule has 2 heterocycles. The van der Waals surface area contributed by atoms with E-state index in [1.54, 1.807) is 0 Å². The smallest absolute Gasteiger partial charge is 0.189 e. The van der Waals surface area contributed by atoms with E-state index in [-0.39, 0.29) is 0 Å². The fourth-order valence-electron chi connectivity index (χ4n) is 2.66. The predicted molar refractivity (Wildman–Crippen MR) is 84.2 cm³/mol. The normalized spacial score (nSPS) is 20.4. The highest BCUT2D eigenvalue weighted by Crippen LogP contribution is 2.16. The molecule has 0 bridgehead atoms. The first-order valence-corrected chi connectivity index (χ1v) is 7.83. The van der Waals surface area contributed by atoms with Crippen LogP contribution in [0.2, 0.25) is 0 Å². The second-order valence-electron chi connectivity index (χ2n) is 5.88. The minimum absolute atomic E-state index is 0.365. The third-order valence-corrected chi connectivity index (χ3v) is 4.00. The Labute approximate surface area is 126 Å². The lowest BCUT2D eigenvalue weighted by atomic mass is 10.1. The fourth-order valence-corrected chi connectivity index (χ4v) is 2.66. The number of likely N-dealkylation sites (N-methyl/N-ethyl adjacent to an activating group) is 1. The van der Waals surface area contributed by atoms with E-state index in [4.69, 9.17) is 10.3 Å². The van der Waals surface area contributed by atoms with Crippen LogP contribution in [0.4, 0.5) is 0 Å². The summed E-state index contributed by atoms with van der Waals surface area (Å²) >= 11 is 0. The minimum Gasteiger partial charge on any atom is -0.370 e. The molecule has 1 aliphatic heterocycles. The molecule has 1 unspecified atom stereocenters.